The highest BCUT2D eigenvalue weighted by Crippen LogP contribution is 2.66. The summed E-state index contributed by atoms with van der Waals surface area (Å²) in [5, 5.41) is 0. The highest BCUT2D eigenvalue weighted by molar-refractivity contribution is 7.66. The van der Waals surface area contributed by atoms with Crippen molar-refractivity contribution in [2.24, 2.45) is 0 Å². The van der Waals surface area contributed by atoms with Gasteiger partial charge in [-0.05, 0) is 19.3 Å². The average Bonchev–Trinajstić information content (AvgIpc) is 3.22. The minimum Gasteiger partial charge on any atom is -0.373 e. The fourth-order valence-electron chi connectivity index (χ4n) is 3.01. The van der Waals surface area contributed by atoms with Gasteiger partial charge < -0.3 is 34.6 Å². The number of H-pyrrole nitrogens is 1. The van der Waals surface area contributed by atoms with Crippen molar-refractivity contribution < 1.29 is 51.2 Å². The van der Waals surface area contributed by atoms with Crippen LogP contribution in [0, 0.1) is 0 Å². The molecular formula is C12H20N5O12P3. The van der Waals surface area contributed by atoms with Gasteiger partial charge in [-0.25, -0.2) is 18.7 Å². The van der Waals surface area contributed by atoms with Crippen molar-refractivity contribution >= 4 is 40.6 Å². The van der Waals surface area contributed by atoms with Gasteiger partial charge in [-0.15, -0.1) is 0 Å². The number of phosphoric ester groups is 1. The molecule has 180 valence electrons. The van der Waals surface area contributed by atoms with Gasteiger partial charge in [-0.1, -0.05) is 0 Å². The second-order valence-corrected chi connectivity index (χ2v) is 11.1. The zero-order valence-electron chi connectivity index (χ0n) is 16.1. The van der Waals surface area contributed by atoms with Crippen molar-refractivity contribution in [1.29, 1.82) is 0 Å². The molecule has 0 bridgehead atoms. The van der Waals surface area contributed by atoms with E-state index in [9.17, 15) is 23.4 Å². The number of nitrogen functional groups attached to an aromatic ring is 1. The highest BCUT2D eigenvalue weighted by atomic mass is 31.3. The van der Waals surface area contributed by atoms with Gasteiger partial charge in [-0.2, -0.15) is 13.6 Å². The fraction of sp³-hybridized carbons (Fsp3) is 0.583. The predicted molar refractivity (Wildman–Crippen MR) is 105 cm³/mol. The third-order valence-corrected chi connectivity index (χ3v) is 8.02. The second-order valence-electron chi connectivity index (χ2n) is 6.69. The second kappa shape index (κ2) is 9.41. The predicted octanol–water partition coefficient (Wildman–Crippen LogP) is -0.0172. The van der Waals surface area contributed by atoms with Crippen LogP contribution in [0.5, 0.6) is 0 Å². The first-order chi connectivity index (χ1) is 14.7. The number of hydrogen-bond acceptors (Lipinski definition) is 11. The first-order valence-corrected chi connectivity index (χ1v) is 13.4. The lowest BCUT2D eigenvalue weighted by Gasteiger charge is -2.18. The van der Waals surface area contributed by atoms with Crippen LogP contribution in [-0.2, 0) is 38.1 Å². The first kappa shape index (κ1) is 25.1. The van der Waals surface area contributed by atoms with Crippen LogP contribution in [0.1, 0.15) is 19.3 Å². The van der Waals surface area contributed by atoms with Gasteiger partial charge in [-0.3, -0.25) is 14.3 Å². The van der Waals surface area contributed by atoms with Crippen LogP contribution in [0.2, 0.25) is 0 Å². The number of phosphoric acid groups is 3. The molecule has 32 heavy (non-hydrogen) atoms. The maximum Gasteiger partial charge on any atom is 0.490 e. The van der Waals surface area contributed by atoms with E-state index in [2.05, 4.69) is 28.1 Å². The summed E-state index contributed by atoms with van der Waals surface area (Å²) in [5.41, 5.74) is 5.54. The molecule has 0 radical (unpaired) electrons. The van der Waals surface area contributed by atoms with Gasteiger partial charge in [0.15, 0.2) is 11.2 Å². The minimum atomic E-state index is -5.57. The van der Waals surface area contributed by atoms with Crippen LogP contribution in [-0.4, -0.2) is 57.9 Å². The van der Waals surface area contributed by atoms with E-state index < -0.39 is 41.7 Å². The molecule has 0 aliphatic carbocycles. The summed E-state index contributed by atoms with van der Waals surface area (Å²) in [6, 6.07) is 0. The maximum atomic E-state index is 11.8. The Morgan fingerprint density at radius 1 is 1.16 bits per heavy atom. The van der Waals surface area contributed by atoms with Crippen LogP contribution in [0.15, 0.2) is 11.1 Å². The zero-order valence-corrected chi connectivity index (χ0v) is 18.8. The normalized spacial score (nSPS) is 23.2. The van der Waals surface area contributed by atoms with E-state index in [1.54, 1.807) is 4.57 Å². The molecule has 4 atom stereocenters. The van der Waals surface area contributed by atoms with E-state index >= 15 is 0 Å². The highest BCUT2D eigenvalue weighted by Gasteiger charge is 2.41. The molecule has 0 saturated carbocycles. The Labute approximate surface area is 179 Å². The molecule has 0 aromatic carbocycles. The molecule has 17 nitrogen and oxygen atoms in total. The number of imidazole rings is 1. The number of aromatic amines is 1. The lowest BCUT2D eigenvalue weighted by Crippen LogP contribution is -2.18. The number of nitrogens with two attached hydrogens (primary N) is 1. The van der Waals surface area contributed by atoms with E-state index in [1.807, 2.05) is 0 Å². The van der Waals surface area contributed by atoms with Crippen molar-refractivity contribution in [3.8, 4) is 0 Å². The summed E-state index contributed by atoms with van der Waals surface area (Å²) in [7, 11) is -16.2. The third kappa shape index (κ3) is 7.01. The lowest BCUT2D eigenvalue weighted by molar-refractivity contribution is 0.00629. The molecule has 1 saturated heterocycles. The van der Waals surface area contributed by atoms with Gasteiger partial charge in [0.25, 0.3) is 5.56 Å². The minimum absolute atomic E-state index is 0.0483. The number of aromatic nitrogens is 4. The molecule has 3 rings (SSSR count). The number of nitrogens with zero attached hydrogens (tertiary/aromatic N) is 3. The summed E-state index contributed by atoms with van der Waals surface area (Å²) in [6.07, 6.45) is 1.98. The molecule has 3 heterocycles. The van der Waals surface area contributed by atoms with Crippen molar-refractivity contribution in [1.82, 2.24) is 19.5 Å². The molecule has 1 aliphatic heterocycles. The Kier molecular flexibility index (Phi) is 7.39. The average molecular weight is 519 g/mol. The number of aryl methyl sites for hydroxylation is 1. The molecular weight excluding hydrogens is 499 g/mol. The summed E-state index contributed by atoms with van der Waals surface area (Å²) >= 11 is 0. The SMILES string of the molecule is Nc1nc2c(ncn2CCC2CCC(COP(=O)(O)OP(=O)(O)OP(=O)(O)O)O2)c(=O)[nH]1. The van der Waals surface area contributed by atoms with Gasteiger partial charge >= 0.3 is 23.5 Å². The van der Waals surface area contributed by atoms with E-state index in [0.717, 1.165) is 0 Å². The lowest BCUT2D eigenvalue weighted by atomic mass is 10.1. The van der Waals surface area contributed by atoms with Crippen molar-refractivity contribution in [3.63, 3.8) is 0 Å². The number of rotatable bonds is 10. The summed E-state index contributed by atoms with van der Waals surface area (Å²) < 4.78 is 52.8. The van der Waals surface area contributed by atoms with Crippen LogP contribution >= 0.6 is 23.5 Å². The smallest absolute Gasteiger partial charge is 0.373 e. The molecule has 0 spiro atoms. The van der Waals surface area contributed by atoms with E-state index in [4.69, 9.17) is 25.2 Å². The van der Waals surface area contributed by atoms with E-state index in [1.165, 1.54) is 6.33 Å². The monoisotopic (exact) mass is 519 g/mol. The van der Waals surface area contributed by atoms with Crippen LogP contribution in [0.4, 0.5) is 5.95 Å². The largest absolute Gasteiger partial charge is 0.490 e. The number of hydrogen-bond donors (Lipinski definition) is 6. The molecule has 7 N–H and O–H groups in total. The molecule has 2 aromatic heterocycles. The topological polar surface area (TPSA) is 259 Å². The molecule has 1 fully saturated rings. The van der Waals surface area contributed by atoms with Crippen molar-refractivity contribution in [2.45, 2.75) is 38.0 Å². The summed E-state index contributed by atoms with van der Waals surface area (Å²) in [6.45, 7) is -0.110. The molecule has 20 heteroatoms. The van der Waals surface area contributed by atoms with E-state index in [-0.39, 0.29) is 17.6 Å². The van der Waals surface area contributed by atoms with Gasteiger partial charge in [0.1, 0.15) is 0 Å². The van der Waals surface area contributed by atoms with Gasteiger partial charge in [0, 0.05) is 6.54 Å². The first-order valence-electron chi connectivity index (χ1n) is 8.87. The van der Waals surface area contributed by atoms with E-state index in [0.29, 0.717) is 31.5 Å². The quantitative estimate of drug-likeness (QED) is 0.225. The Balaban J connectivity index is 1.49. The Bertz CT molecular complexity index is 1180. The third-order valence-electron chi connectivity index (χ3n) is 4.22. The zero-order chi connectivity index (χ0) is 23.7. The maximum absolute atomic E-state index is 11.8. The van der Waals surface area contributed by atoms with Gasteiger partial charge in [0.2, 0.25) is 5.95 Å². The molecule has 2 aromatic rings. The van der Waals surface area contributed by atoms with Crippen molar-refractivity contribution in [2.75, 3.05) is 12.3 Å². The summed E-state index contributed by atoms with van der Waals surface area (Å²) in [4.78, 5) is 57.8. The van der Waals surface area contributed by atoms with Crippen molar-refractivity contribution in [3.05, 3.63) is 16.7 Å². The Hall–Kier alpha value is -1.48. The molecule has 0 amide bonds. The van der Waals surface area contributed by atoms with Gasteiger partial charge in [0.05, 0.1) is 25.1 Å². The summed E-state index contributed by atoms with van der Waals surface area (Å²) in [5.74, 6) is -0.0483. The Morgan fingerprint density at radius 3 is 2.53 bits per heavy atom. The van der Waals surface area contributed by atoms with Crippen LogP contribution < -0.4 is 11.3 Å². The number of ether oxygens (including phenoxy) is 1. The molecule has 4 unspecified atom stereocenters. The van der Waals surface area contributed by atoms with Crippen LogP contribution in [0.3, 0.4) is 0 Å². The number of fused-ring (bicyclic) bond motifs is 1. The fourth-order valence-corrected chi connectivity index (χ4v) is 6.06. The number of anilines is 1. The standard InChI is InChI=1S/C12H20N5O12P3/c13-12-15-10-9(11(18)16-12)14-6-17(10)4-3-7-1-2-8(27-7)5-26-31(22,23)29-32(24,25)28-30(19,20)21/h6-8H,1-5H2,(H,22,23)(H,24,25)(H2,19,20,21)(H3,13,15,16,18). The molecule has 1 aliphatic rings. The Morgan fingerprint density at radius 2 is 1.84 bits per heavy atom. The number of nitrogens with one attached hydrogen (secondary N) is 1. The van der Waals surface area contributed by atoms with Crippen LogP contribution in [0.25, 0.3) is 11.2 Å².